The minimum atomic E-state index is -0.418. The maximum atomic E-state index is 5.98. The lowest BCUT2D eigenvalue weighted by Gasteiger charge is -2.23. The molecule has 1 aliphatic heterocycles. The first-order chi connectivity index (χ1) is 14.4. The Labute approximate surface area is 172 Å². The third-order valence-corrected chi connectivity index (χ3v) is 5.78. The van der Waals surface area contributed by atoms with Gasteiger partial charge in [0.05, 0.1) is 5.25 Å². The quantitative estimate of drug-likeness (QED) is 0.413. The fraction of sp³-hybridized carbons (Fsp3) is 0.130. The molecule has 0 spiro atoms. The SMILES string of the molecule is c1ccc(C(Sc2nnc(C3COc4ccccc4O3)o2)c2ccccc2)cc1. The van der Waals surface area contributed by atoms with Crippen LogP contribution in [0.5, 0.6) is 11.5 Å². The fourth-order valence-corrected chi connectivity index (χ4v) is 4.23. The number of benzene rings is 3. The molecule has 5 nitrogen and oxygen atoms in total. The van der Waals surface area contributed by atoms with Gasteiger partial charge in [-0.05, 0) is 23.3 Å². The lowest BCUT2D eigenvalue weighted by Crippen LogP contribution is -2.21. The summed E-state index contributed by atoms with van der Waals surface area (Å²) in [5, 5.41) is 9.01. The fourth-order valence-electron chi connectivity index (χ4n) is 3.22. The average molecular weight is 402 g/mol. The Morgan fingerprint density at radius 1 is 0.759 bits per heavy atom. The number of hydrogen-bond acceptors (Lipinski definition) is 6. The molecule has 0 saturated heterocycles. The summed E-state index contributed by atoms with van der Waals surface area (Å²) in [6, 6.07) is 28.2. The number of para-hydroxylation sites is 2. The molecule has 0 aliphatic carbocycles. The summed E-state index contributed by atoms with van der Waals surface area (Å²) < 4.78 is 17.7. The molecule has 0 N–H and O–H groups in total. The minimum Gasteiger partial charge on any atom is -0.485 e. The second-order valence-electron chi connectivity index (χ2n) is 6.59. The van der Waals surface area contributed by atoms with E-state index in [9.17, 15) is 0 Å². The van der Waals surface area contributed by atoms with E-state index in [-0.39, 0.29) is 5.25 Å². The van der Waals surface area contributed by atoms with Gasteiger partial charge in [-0.3, -0.25) is 0 Å². The van der Waals surface area contributed by atoms with Crippen molar-refractivity contribution in [1.29, 1.82) is 0 Å². The zero-order chi connectivity index (χ0) is 19.5. The Bertz CT molecular complexity index is 1050. The van der Waals surface area contributed by atoms with Crippen LogP contribution < -0.4 is 9.47 Å². The van der Waals surface area contributed by atoms with Crippen molar-refractivity contribution >= 4 is 11.8 Å². The van der Waals surface area contributed by atoms with Crippen molar-refractivity contribution in [2.75, 3.05) is 6.61 Å². The Kier molecular flexibility index (Phi) is 4.92. The topological polar surface area (TPSA) is 57.4 Å². The third kappa shape index (κ3) is 3.84. The number of fused-ring (bicyclic) bond motifs is 1. The van der Waals surface area contributed by atoms with Crippen LogP contribution in [-0.2, 0) is 0 Å². The van der Waals surface area contributed by atoms with Crippen LogP contribution in [0.2, 0.25) is 0 Å². The number of rotatable bonds is 5. The molecule has 0 amide bonds. The summed E-state index contributed by atoms with van der Waals surface area (Å²) >= 11 is 1.53. The minimum absolute atomic E-state index is 0.0509. The van der Waals surface area contributed by atoms with Gasteiger partial charge in [0.25, 0.3) is 11.1 Å². The van der Waals surface area contributed by atoms with Gasteiger partial charge in [0.2, 0.25) is 6.10 Å². The molecule has 6 heteroatoms. The highest BCUT2D eigenvalue weighted by Gasteiger charge is 2.28. The molecule has 0 bridgehead atoms. The molecule has 29 heavy (non-hydrogen) atoms. The number of nitrogens with zero attached hydrogens (tertiary/aromatic N) is 2. The summed E-state index contributed by atoms with van der Waals surface area (Å²) in [5.41, 5.74) is 2.35. The number of ether oxygens (including phenoxy) is 2. The van der Waals surface area contributed by atoms with E-state index in [1.807, 2.05) is 60.7 Å². The van der Waals surface area contributed by atoms with Crippen molar-refractivity contribution in [2.45, 2.75) is 16.6 Å². The maximum Gasteiger partial charge on any atom is 0.277 e. The standard InChI is InChI=1S/C23H18N2O3S/c1-3-9-16(10-4-1)21(17-11-5-2-6-12-17)29-23-25-24-22(28-23)20-15-26-18-13-7-8-14-19(18)27-20/h1-14,20-21H,15H2. The van der Waals surface area contributed by atoms with Crippen LogP contribution in [-0.4, -0.2) is 16.8 Å². The van der Waals surface area contributed by atoms with Gasteiger partial charge in [-0.15, -0.1) is 10.2 Å². The monoisotopic (exact) mass is 402 g/mol. The highest BCUT2D eigenvalue weighted by molar-refractivity contribution is 7.99. The molecule has 4 aromatic rings. The van der Waals surface area contributed by atoms with Gasteiger partial charge in [-0.1, -0.05) is 84.6 Å². The first-order valence-corrected chi connectivity index (χ1v) is 10.2. The van der Waals surface area contributed by atoms with Crippen LogP contribution in [0.3, 0.4) is 0 Å². The zero-order valence-corrected chi connectivity index (χ0v) is 16.3. The van der Waals surface area contributed by atoms with Crippen molar-refractivity contribution < 1.29 is 13.9 Å². The zero-order valence-electron chi connectivity index (χ0n) is 15.5. The van der Waals surface area contributed by atoms with Crippen LogP contribution in [0.15, 0.2) is 94.6 Å². The third-order valence-electron chi connectivity index (χ3n) is 4.63. The van der Waals surface area contributed by atoms with Gasteiger partial charge in [-0.25, -0.2) is 0 Å². The van der Waals surface area contributed by atoms with Gasteiger partial charge in [-0.2, -0.15) is 0 Å². The van der Waals surface area contributed by atoms with Gasteiger partial charge >= 0.3 is 0 Å². The van der Waals surface area contributed by atoms with E-state index in [1.165, 1.54) is 22.9 Å². The highest BCUT2D eigenvalue weighted by Crippen LogP contribution is 2.41. The predicted molar refractivity (Wildman–Crippen MR) is 110 cm³/mol. The van der Waals surface area contributed by atoms with E-state index in [2.05, 4.69) is 34.5 Å². The molecular formula is C23H18N2O3S. The molecule has 5 rings (SSSR count). The molecular weight excluding hydrogens is 384 g/mol. The van der Waals surface area contributed by atoms with Gasteiger partial charge in [0.1, 0.15) is 6.61 Å². The first-order valence-electron chi connectivity index (χ1n) is 9.35. The normalized spacial score (nSPS) is 15.4. The number of thioether (sulfide) groups is 1. The van der Waals surface area contributed by atoms with Crippen LogP contribution in [0.4, 0.5) is 0 Å². The molecule has 1 aliphatic rings. The van der Waals surface area contributed by atoms with Crippen molar-refractivity contribution in [3.05, 3.63) is 102 Å². The van der Waals surface area contributed by atoms with Crippen molar-refractivity contribution in [1.82, 2.24) is 10.2 Å². The molecule has 144 valence electrons. The Morgan fingerprint density at radius 2 is 1.38 bits per heavy atom. The second-order valence-corrected chi connectivity index (χ2v) is 7.65. The predicted octanol–water partition coefficient (Wildman–Crippen LogP) is 5.46. The smallest absolute Gasteiger partial charge is 0.277 e. The average Bonchev–Trinajstić information content (AvgIpc) is 3.27. The summed E-state index contributed by atoms with van der Waals surface area (Å²) in [6.45, 7) is 0.337. The van der Waals surface area contributed by atoms with E-state index >= 15 is 0 Å². The lowest BCUT2D eigenvalue weighted by atomic mass is 10.0. The van der Waals surface area contributed by atoms with Crippen LogP contribution in [0.1, 0.15) is 28.4 Å². The molecule has 0 radical (unpaired) electrons. The lowest BCUT2D eigenvalue weighted by molar-refractivity contribution is 0.0686. The molecule has 1 atom stereocenters. The second kappa shape index (κ2) is 8.01. The molecule has 1 aromatic heterocycles. The van der Waals surface area contributed by atoms with Crippen molar-refractivity contribution in [3.63, 3.8) is 0 Å². The molecule has 2 heterocycles. The molecule has 0 fully saturated rings. The summed E-state index contributed by atoms with van der Waals surface area (Å²) in [5.74, 6) is 1.83. The van der Waals surface area contributed by atoms with E-state index in [1.54, 1.807) is 0 Å². The summed E-state index contributed by atoms with van der Waals surface area (Å²) in [7, 11) is 0. The number of aromatic nitrogens is 2. The first kappa shape index (κ1) is 17.8. The van der Waals surface area contributed by atoms with Gasteiger partial charge < -0.3 is 13.9 Å². The van der Waals surface area contributed by atoms with E-state index in [0.29, 0.717) is 23.5 Å². The van der Waals surface area contributed by atoms with Crippen LogP contribution in [0, 0.1) is 0 Å². The Hall–Kier alpha value is -3.25. The van der Waals surface area contributed by atoms with E-state index in [4.69, 9.17) is 13.9 Å². The van der Waals surface area contributed by atoms with Crippen molar-refractivity contribution in [2.24, 2.45) is 0 Å². The maximum absolute atomic E-state index is 5.98. The molecule has 3 aromatic carbocycles. The largest absolute Gasteiger partial charge is 0.485 e. The molecule has 1 unspecified atom stereocenters. The number of hydrogen-bond donors (Lipinski definition) is 0. The molecule has 0 saturated carbocycles. The van der Waals surface area contributed by atoms with Crippen LogP contribution in [0.25, 0.3) is 0 Å². The Balaban J connectivity index is 1.38. The van der Waals surface area contributed by atoms with E-state index < -0.39 is 6.10 Å². The van der Waals surface area contributed by atoms with Gasteiger partial charge in [0, 0.05) is 0 Å². The summed E-state index contributed by atoms with van der Waals surface area (Å²) in [6.07, 6.45) is -0.418. The van der Waals surface area contributed by atoms with Crippen LogP contribution >= 0.6 is 11.8 Å². The van der Waals surface area contributed by atoms with Crippen molar-refractivity contribution in [3.8, 4) is 11.5 Å². The summed E-state index contributed by atoms with van der Waals surface area (Å²) in [4.78, 5) is 0. The Morgan fingerprint density at radius 3 is 2.07 bits per heavy atom. The van der Waals surface area contributed by atoms with Gasteiger partial charge in [0.15, 0.2) is 11.5 Å². The van der Waals surface area contributed by atoms with E-state index in [0.717, 1.165) is 5.75 Å². The highest BCUT2D eigenvalue weighted by atomic mass is 32.2.